The van der Waals surface area contributed by atoms with E-state index >= 15 is 0 Å². The highest BCUT2D eigenvalue weighted by molar-refractivity contribution is 7.99. The Morgan fingerprint density at radius 1 is 0.603 bits per heavy atom. The molecule has 7 nitrogen and oxygen atoms in total. The molecule has 2 heterocycles. The number of benzene rings is 2. The Morgan fingerprint density at radius 2 is 1.02 bits per heavy atom. The van der Waals surface area contributed by atoms with E-state index in [2.05, 4.69) is 48.3 Å². The molecule has 2 aromatic carbocycles. The molecule has 0 aliphatic rings. The van der Waals surface area contributed by atoms with Gasteiger partial charge in [0.25, 0.3) is 0 Å². The van der Waals surface area contributed by atoms with Gasteiger partial charge in [0.05, 0.1) is 34.4 Å². The van der Waals surface area contributed by atoms with E-state index in [4.69, 9.17) is 9.05 Å². The maximum atomic E-state index is 14.7. The average Bonchev–Trinajstić information content (AvgIpc) is 3.18. The Kier molecular flexibility index (Phi) is 20.7. The Balaban J connectivity index is 0.970. The molecule has 0 saturated carbocycles. The number of pyridine rings is 2. The number of unbranched alkanes of at least 4 members (excludes halogenated alkanes) is 2. The van der Waals surface area contributed by atoms with Gasteiger partial charge in [0.1, 0.15) is 23.3 Å². The number of hydrogen-bond donors (Lipinski definition) is 2. The molecule has 4 rings (SSSR count). The highest BCUT2D eigenvalue weighted by Crippen LogP contribution is 2.33. The molecule has 0 aliphatic carbocycles. The lowest BCUT2D eigenvalue weighted by Crippen LogP contribution is -2.18. The standard InChI is InChI=1S/C44H59F4N4O3PS2/c1-43(2,35-15-5-7-17-37(35)45)19-9-11-25-57-41-31-51-33(27-39(41)47)29-49-21-13-23-54-56(53)55-24-14-22-50-30-34-28-40(48)42(32-52-34)58-26-12-10-20-44(3,4)36-16-6-8-18-38(36)46/h5-8,15-18,27-28,31-32,49-50,56H,9-14,19-26,29-30H2,1-4H3. The first-order chi connectivity index (χ1) is 27.9. The molecular weight excluding hydrogens is 804 g/mol. The smallest absolute Gasteiger partial charge is 0.311 e. The van der Waals surface area contributed by atoms with Crippen molar-refractivity contribution in [1.29, 1.82) is 0 Å². The van der Waals surface area contributed by atoms with Crippen LogP contribution in [0.4, 0.5) is 17.6 Å². The molecule has 14 heteroatoms. The van der Waals surface area contributed by atoms with Gasteiger partial charge in [-0.2, -0.15) is 0 Å². The van der Waals surface area contributed by atoms with Crippen LogP contribution in [0.25, 0.3) is 0 Å². The van der Waals surface area contributed by atoms with Crippen molar-refractivity contribution in [2.24, 2.45) is 0 Å². The number of hydrogen-bond acceptors (Lipinski definition) is 9. The molecule has 0 spiro atoms. The van der Waals surface area contributed by atoms with E-state index in [0.29, 0.717) is 60.2 Å². The Morgan fingerprint density at radius 3 is 1.41 bits per heavy atom. The molecule has 0 saturated heterocycles. The van der Waals surface area contributed by atoms with E-state index in [1.165, 1.54) is 47.8 Å². The Hall–Kier alpha value is -2.77. The number of rotatable bonds is 28. The van der Waals surface area contributed by atoms with Crippen molar-refractivity contribution >= 4 is 31.8 Å². The lowest BCUT2D eigenvalue weighted by atomic mass is 9.80. The third-order valence-corrected chi connectivity index (χ3v) is 13.0. The van der Waals surface area contributed by atoms with Gasteiger partial charge in [0, 0.05) is 25.5 Å². The monoisotopic (exact) mass is 862 g/mol. The second kappa shape index (κ2) is 25.1. The number of nitrogens with one attached hydrogen (secondary N) is 2. The Labute approximate surface area is 351 Å². The maximum Gasteiger partial charge on any atom is 0.319 e. The zero-order valence-corrected chi connectivity index (χ0v) is 36.8. The van der Waals surface area contributed by atoms with Crippen molar-refractivity contribution in [1.82, 2.24) is 20.6 Å². The Bertz CT molecular complexity index is 1740. The van der Waals surface area contributed by atoms with Crippen molar-refractivity contribution in [3.63, 3.8) is 0 Å². The molecule has 4 aromatic rings. The number of nitrogens with zero attached hydrogens (tertiary/aromatic N) is 2. The topological polar surface area (TPSA) is 85.4 Å². The SMILES string of the molecule is CC(C)(CCCCSc1cnc(CNCCCO[PH](=O)OCCCNCc2cc(F)c(SCCCCC(C)(C)c3ccccc3F)cn2)cc1F)c1ccccc1F. The fourth-order valence-corrected chi connectivity index (χ4v) is 8.98. The summed E-state index contributed by atoms with van der Waals surface area (Å²) in [6.07, 6.45) is 9.64. The first-order valence-electron chi connectivity index (χ1n) is 20.1. The molecule has 58 heavy (non-hydrogen) atoms. The summed E-state index contributed by atoms with van der Waals surface area (Å²) in [5.41, 5.74) is 2.12. The largest absolute Gasteiger partial charge is 0.319 e. The minimum Gasteiger partial charge on any atom is -0.311 e. The first-order valence-corrected chi connectivity index (χ1v) is 23.3. The van der Waals surface area contributed by atoms with Crippen molar-refractivity contribution in [2.45, 2.75) is 113 Å². The van der Waals surface area contributed by atoms with Crippen molar-refractivity contribution in [3.8, 4) is 0 Å². The lowest BCUT2D eigenvalue weighted by Gasteiger charge is -2.25. The lowest BCUT2D eigenvalue weighted by molar-refractivity contribution is 0.220. The van der Waals surface area contributed by atoms with Gasteiger partial charge >= 0.3 is 8.25 Å². The van der Waals surface area contributed by atoms with E-state index in [-0.39, 0.29) is 47.3 Å². The first kappa shape index (κ1) is 47.9. The second-order valence-corrected chi connectivity index (χ2v) is 18.9. The second-order valence-electron chi connectivity index (χ2n) is 15.6. The summed E-state index contributed by atoms with van der Waals surface area (Å²) in [5, 5.41) is 6.40. The zero-order valence-electron chi connectivity index (χ0n) is 34.2. The molecule has 2 aromatic heterocycles. The molecule has 2 N–H and O–H groups in total. The van der Waals surface area contributed by atoms with E-state index in [1.807, 2.05) is 24.3 Å². The maximum absolute atomic E-state index is 14.7. The summed E-state index contributed by atoms with van der Waals surface area (Å²) in [5.74, 6) is 0.569. The van der Waals surface area contributed by atoms with E-state index < -0.39 is 8.25 Å². The fraction of sp³-hybridized carbons (Fsp3) is 0.500. The highest BCUT2D eigenvalue weighted by Gasteiger charge is 2.24. The van der Waals surface area contributed by atoms with Crippen LogP contribution in [0.2, 0.25) is 0 Å². The third-order valence-electron chi connectivity index (χ3n) is 9.91. The third kappa shape index (κ3) is 16.7. The van der Waals surface area contributed by atoms with Gasteiger partial charge < -0.3 is 19.7 Å². The molecule has 0 bridgehead atoms. The van der Waals surface area contributed by atoms with Gasteiger partial charge in [-0.05, 0) is 109 Å². The van der Waals surface area contributed by atoms with Gasteiger partial charge in [-0.15, -0.1) is 23.5 Å². The van der Waals surface area contributed by atoms with Crippen molar-refractivity contribution in [3.05, 3.63) is 119 Å². The summed E-state index contributed by atoms with van der Waals surface area (Å²) in [6.45, 7) is 10.7. The van der Waals surface area contributed by atoms with E-state index in [1.54, 1.807) is 24.5 Å². The van der Waals surface area contributed by atoms with Crippen LogP contribution in [0.15, 0.2) is 82.8 Å². The molecule has 0 unspecified atom stereocenters. The summed E-state index contributed by atoms with van der Waals surface area (Å²) in [6, 6.07) is 16.7. The van der Waals surface area contributed by atoms with Crippen LogP contribution in [0, 0.1) is 23.3 Å². The molecule has 0 amide bonds. The fourth-order valence-electron chi connectivity index (χ4n) is 6.49. The van der Waals surface area contributed by atoms with Crippen LogP contribution in [0.3, 0.4) is 0 Å². The highest BCUT2D eigenvalue weighted by atomic mass is 32.2. The van der Waals surface area contributed by atoms with Gasteiger partial charge in [-0.3, -0.25) is 14.5 Å². The summed E-state index contributed by atoms with van der Waals surface area (Å²) in [7, 11) is -2.62. The summed E-state index contributed by atoms with van der Waals surface area (Å²) in [4.78, 5) is 9.81. The summed E-state index contributed by atoms with van der Waals surface area (Å²) >= 11 is 2.88. The van der Waals surface area contributed by atoms with Gasteiger partial charge in [-0.1, -0.05) is 76.9 Å². The number of thioether (sulfide) groups is 2. The van der Waals surface area contributed by atoms with Crippen LogP contribution >= 0.6 is 31.8 Å². The predicted octanol–water partition coefficient (Wildman–Crippen LogP) is 11.6. The number of aromatic nitrogens is 2. The van der Waals surface area contributed by atoms with Gasteiger partial charge in [0.15, 0.2) is 0 Å². The van der Waals surface area contributed by atoms with Gasteiger partial charge in [0.2, 0.25) is 0 Å². The quantitative estimate of drug-likeness (QED) is 0.0251. The van der Waals surface area contributed by atoms with Crippen LogP contribution in [-0.2, 0) is 37.5 Å². The van der Waals surface area contributed by atoms with Crippen molar-refractivity contribution in [2.75, 3.05) is 37.8 Å². The summed E-state index contributed by atoms with van der Waals surface area (Å²) < 4.78 is 80.6. The van der Waals surface area contributed by atoms with Gasteiger partial charge in [-0.25, -0.2) is 17.6 Å². The average molecular weight is 863 g/mol. The minimum absolute atomic E-state index is 0.175. The normalized spacial score (nSPS) is 12.2. The molecule has 0 aliphatic heterocycles. The number of halogens is 4. The molecule has 318 valence electrons. The minimum atomic E-state index is -2.62. The predicted molar refractivity (Wildman–Crippen MR) is 230 cm³/mol. The van der Waals surface area contributed by atoms with Crippen LogP contribution in [-0.4, -0.2) is 47.8 Å². The molecule has 0 radical (unpaired) electrons. The molecule has 0 atom stereocenters. The van der Waals surface area contributed by atoms with Crippen LogP contribution < -0.4 is 10.6 Å². The zero-order chi connectivity index (χ0) is 41.8. The van der Waals surface area contributed by atoms with E-state index in [9.17, 15) is 22.1 Å². The van der Waals surface area contributed by atoms with E-state index in [0.717, 1.165) is 61.2 Å². The van der Waals surface area contributed by atoms with Crippen LogP contribution in [0.5, 0.6) is 0 Å². The van der Waals surface area contributed by atoms with Crippen molar-refractivity contribution < 1.29 is 31.2 Å². The van der Waals surface area contributed by atoms with Crippen LogP contribution in [0.1, 0.15) is 102 Å². The molecule has 0 fully saturated rings. The molecular formula is C44H59F4N4O3PS2.